The second kappa shape index (κ2) is 11.7. The smallest absolute Gasteiger partial charge is 0.191 e. The Bertz CT molecular complexity index is 792. The van der Waals surface area contributed by atoms with Crippen LogP contribution < -0.4 is 10.6 Å². The van der Waals surface area contributed by atoms with Crippen LogP contribution in [0.2, 0.25) is 5.02 Å². The highest BCUT2D eigenvalue weighted by Crippen LogP contribution is 2.21. The predicted octanol–water partition coefficient (Wildman–Crippen LogP) is 1.67. The zero-order chi connectivity index (χ0) is 21.3. The summed E-state index contributed by atoms with van der Waals surface area (Å²) in [5.74, 6) is 0.381. The number of benzene rings is 1. The largest absolute Gasteiger partial charge is 0.379 e. The van der Waals surface area contributed by atoms with Crippen molar-refractivity contribution in [2.75, 3.05) is 51.9 Å². The van der Waals surface area contributed by atoms with Crippen LogP contribution in [0.25, 0.3) is 0 Å². The van der Waals surface area contributed by atoms with Crippen molar-refractivity contribution in [2.24, 2.45) is 4.99 Å². The molecule has 10 heteroatoms. The molecular formula is C19H30ClFN4O3S. The molecule has 1 fully saturated rings. The number of nitrogens with one attached hydrogen (secondary N) is 2. The lowest BCUT2D eigenvalue weighted by Crippen LogP contribution is -2.51. The number of hydrogen-bond donors (Lipinski definition) is 2. The number of likely N-dealkylation sites (tertiary alicyclic amines) is 1. The molecule has 1 aromatic rings. The molecule has 7 nitrogen and oxygen atoms in total. The minimum absolute atomic E-state index is 0.0238. The molecule has 1 aliphatic heterocycles. The molecule has 0 aliphatic carbocycles. The second-order valence-electron chi connectivity index (χ2n) is 7.20. The molecule has 1 saturated heterocycles. The monoisotopic (exact) mass is 448 g/mol. The van der Waals surface area contributed by atoms with Crippen LogP contribution in [0.15, 0.2) is 23.2 Å². The van der Waals surface area contributed by atoms with E-state index in [1.807, 2.05) is 0 Å². The van der Waals surface area contributed by atoms with Crippen molar-refractivity contribution in [1.29, 1.82) is 0 Å². The van der Waals surface area contributed by atoms with Crippen LogP contribution in [-0.2, 0) is 21.1 Å². The van der Waals surface area contributed by atoms with Crippen molar-refractivity contribution in [2.45, 2.75) is 25.4 Å². The third-order valence-electron chi connectivity index (χ3n) is 4.62. The summed E-state index contributed by atoms with van der Waals surface area (Å²) < 4.78 is 40.7. The third-order valence-corrected chi connectivity index (χ3v) is 5.88. The van der Waals surface area contributed by atoms with Crippen LogP contribution in [-0.4, -0.2) is 77.2 Å². The maximum absolute atomic E-state index is 13.2. The molecule has 1 aliphatic rings. The summed E-state index contributed by atoms with van der Waals surface area (Å²) in [4.78, 5) is 6.53. The van der Waals surface area contributed by atoms with Crippen molar-refractivity contribution in [3.63, 3.8) is 0 Å². The van der Waals surface area contributed by atoms with Crippen LogP contribution in [0.1, 0.15) is 18.4 Å². The van der Waals surface area contributed by atoms with Crippen LogP contribution >= 0.6 is 11.6 Å². The molecule has 164 valence electrons. The molecule has 0 aromatic heterocycles. The van der Waals surface area contributed by atoms with Crippen molar-refractivity contribution in [3.8, 4) is 0 Å². The third kappa shape index (κ3) is 9.29. The van der Waals surface area contributed by atoms with Gasteiger partial charge in [0.25, 0.3) is 0 Å². The molecule has 1 aromatic carbocycles. The number of nitrogens with zero attached hydrogens (tertiary/aromatic N) is 2. The standard InChI is InChI=1S/C19H30ClFN4O3S/c1-22-19(23-7-9-28-10-11-29(2,26)27)24-17-4-3-8-25(14-17)13-15-5-6-16(21)12-18(15)20/h5-6,12,17H,3-4,7-11,13-14H2,1-2H3,(H2,22,23,24). The fourth-order valence-electron chi connectivity index (χ4n) is 3.15. The van der Waals surface area contributed by atoms with Gasteiger partial charge in [0, 0.05) is 44.0 Å². The molecule has 0 spiro atoms. The van der Waals surface area contributed by atoms with Gasteiger partial charge in [0.15, 0.2) is 5.96 Å². The molecule has 0 amide bonds. The number of rotatable bonds is 9. The van der Waals surface area contributed by atoms with E-state index in [9.17, 15) is 12.8 Å². The van der Waals surface area contributed by atoms with Crippen LogP contribution in [0.3, 0.4) is 0 Å². The fraction of sp³-hybridized carbons (Fsp3) is 0.632. The van der Waals surface area contributed by atoms with E-state index in [1.165, 1.54) is 18.4 Å². The Balaban J connectivity index is 1.73. The van der Waals surface area contributed by atoms with E-state index < -0.39 is 9.84 Å². The maximum atomic E-state index is 13.2. The number of hydrogen-bond acceptors (Lipinski definition) is 5. The van der Waals surface area contributed by atoms with Crippen molar-refractivity contribution in [3.05, 3.63) is 34.6 Å². The topological polar surface area (TPSA) is 83.0 Å². The van der Waals surface area contributed by atoms with Crippen LogP contribution in [0.4, 0.5) is 4.39 Å². The lowest BCUT2D eigenvalue weighted by molar-refractivity contribution is 0.153. The first-order valence-corrected chi connectivity index (χ1v) is 12.1. The summed E-state index contributed by atoms with van der Waals surface area (Å²) in [7, 11) is -1.29. The van der Waals surface area contributed by atoms with E-state index in [4.69, 9.17) is 16.3 Å². The van der Waals surface area contributed by atoms with E-state index in [-0.39, 0.29) is 24.2 Å². The van der Waals surface area contributed by atoms with E-state index in [2.05, 4.69) is 20.5 Å². The molecular weight excluding hydrogens is 419 g/mol. The van der Waals surface area contributed by atoms with Gasteiger partial charge in [0.1, 0.15) is 15.7 Å². The van der Waals surface area contributed by atoms with E-state index in [0.29, 0.717) is 30.7 Å². The number of guanidine groups is 1. The fourth-order valence-corrected chi connectivity index (χ4v) is 3.80. The number of halogens is 2. The van der Waals surface area contributed by atoms with Crippen LogP contribution in [0, 0.1) is 5.82 Å². The molecule has 2 N–H and O–H groups in total. The number of piperidine rings is 1. The summed E-state index contributed by atoms with van der Waals surface area (Å²) in [5.41, 5.74) is 0.919. The van der Waals surface area contributed by atoms with E-state index in [0.717, 1.165) is 31.5 Å². The molecule has 1 atom stereocenters. The molecule has 2 rings (SSSR count). The quantitative estimate of drug-likeness (QED) is 0.339. The minimum atomic E-state index is -3.00. The van der Waals surface area contributed by atoms with Gasteiger partial charge in [-0.25, -0.2) is 12.8 Å². The number of aliphatic imine (C=N–C) groups is 1. The van der Waals surface area contributed by atoms with Gasteiger partial charge in [-0.3, -0.25) is 9.89 Å². The Hall–Kier alpha value is -1.42. The first-order valence-electron chi connectivity index (χ1n) is 9.66. The van der Waals surface area contributed by atoms with E-state index in [1.54, 1.807) is 13.1 Å². The highest BCUT2D eigenvalue weighted by molar-refractivity contribution is 7.90. The molecule has 1 unspecified atom stereocenters. The van der Waals surface area contributed by atoms with Crippen molar-refractivity contribution < 1.29 is 17.5 Å². The zero-order valence-electron chi connectivity index (χ0n) is 17.0. The first-order chi connectivity index (χ1) is 13.8. The molecule has 1 heterocycles. The summed E-state index contributed by atoms with van der Waals surface area (Å²) in [6.07, 6.45) is 3.26. The average molecular weight is 449 g/mol. The maximum Gasteiger partial charge on any atom is 0.191 e. The number of sulfone groups is 1. The van der Waals surface area contributed by atoms with Gasteiger partial charge in [-0.15, -0.1) is 0 Å². The summed E-state index contributed by atoms with van der Waals surface area (Å²) in [6.45, 7) is 3.60. The van der Waals surface area contributed by atoms with Gasteiger partial charge in [0.2, 0.25) is 0 Å². The second-order valence-corrected chi connectivity index (χ2v) is 9.86. The number of ether oxygens (including phenoxy) is 1. The SMILES string of the molecule is CN=C(NCCOCCS(C)(=O)=O)NC1CCCN(Cc2ccc(F)cc2Cl)C1. The average Bonchev–Trinajstić information content (AvgIpc) is 2.65. The summed E-state index contributed by atoms with van der Waals surface area (Å²) in [5, 5.41) is 7.04. The van der Waals surface area contributed by atoms with Gasteiger partial charge >= 0.3 is 0 Å². The van der Waals surface area contributed by atoms with Gasteiger partial charge in [0.05, 0.1) is 19.0 Å². The summed E-state index contributed by atoms with van der Waals surface area (Å²) in [6, 6.07) is 4.75. The highest BCUT2D eigenvalue weighted by Gasteiger charge is 2.21. The minimum Gasteiger partial charge on any atom is -0.379 e. The van der Waals surface area contributed by atoms with Crippen LogP contribution in [0.5, 0.6) is 0 Å². The van der Waals surface area contributed by atoms with Gasteiger partial charge in [-0.1, -0.05) is 17.7 Å². The van der Waals surface area contributed by atoms with Gasteiger partial charge in [-0.05, 0) is 37.1 Å². The Morgan fingerprint density at radius 1 is 1.41 bits per heavy atom. The lowest BCUT2D eigenvalue weighted by Gasteiger charge is -2.34. The predicted molar refractivity (Wildman–Crippen MR) is 115 cm³/mol. The van der Waals surface area contributed by atoms with Crippen molar-refractivity contribution >= 4 is 27.4 Å². The molecule has 29 heavy (non-hydrogen) atoms. The zero-order valence-corrected chi connectivity index (χ0v) is 18.5. The Labute approximate surface area is 177 Å². The van der Waals surface area contributed by atoms with Gasteiger partial charge < -0.3 is 15.4 Å². The first kappa shape index (κ1) is 23.9. The molecule has 0 saturated carbocycles. The Morgan fingerprint density at radius 3 is 2.90 bits per heavy atom. The Kier molecular flexibility index (Phi) is 9.61. The van der Waals surface area contributed by atoms with E-state index >= 15 is 0 Å². The normalized spacial score (nSPS) is 18.6. The highest BCUT2D eigenvalue weighted by atomic mass is 35.5. The molecule has 0 radical (unpaired) electrons. The summed E-state index contributed by atoms with van der Waals surface area (Å²) >= 11 is 6.15. The molecule has 0 bridgehead atoms. The lowest BCUT2D eigenvalue weighted by atomic mass is 10.0. The Morgan fingerprint density at radius 2 is 2.21 bits per heavy atom. The van der Waals surface area contributed by atoms with Gasteiger partial charge in [-0.2, -0.15) is 0 Å². The van der Waals surface area contributed by atoms with Crippen molar-refractivity contribution in [1.82, 2.24) is 15.5 Å².